The Labute approximate surface area is 144 Å². The van der Waals surface area contributed by atoms with E-state index in [1.807, 2.05) is 43.3 Å². The molecule has 25 heavy (non-hydrogen) atoms. The standard InChI is InChI=1S/C17H19N7O/c1-12-3-2-4-13(9-12)19-17(25)20-14-7-8-23(10-14)16-6-5-15-21-18-11-24(15)22-16/h2-6,9,11,14H,7-8,10H2,1H3,(H2,19,20,25)/t14-/m1/s1. The van der Waals surface area contributed by atoms with E-state index in [1.165, 1.54) is 0 Å². The van der Waals surface area contributed by atoms with Crippen LogP contribution in [0.5, 0.6) is 0 Å². The number of urea groups is 1. The first-order valence-electron chi connectivity index (χ1n) is 8.23. The molecule has 8 heteroatoms. The minimum absolute atomic E-state index is 0.0863. The van der Waals surface area contributed by atoms with Gasteiger partial charge in [0.05, 0.1) is 0 Å². The molecule has 1 aliphatic heterocycles. The smallest absolute Gasteiger partial charge is 0.319 e. The van der Waals surface area contributed by atoms with E-state index in [9.17, 15) is 4.79 Å². The molecule has 4 rings (SSSR count). The quantitative estimate of drug-likeness (QED) is 0.761. The number of benzene rings is 1. The molecule has 2 amide bonds. The lowest BCUT2D eigenvalue weighted by Gasteiger charge is -2.18. The second kappa shape index (κ2) is 6.39. The van der Waals surface area contributed by atoms with E-state index in [4.69, 9.17) is 0 Å². The third kappa shape index (κ3) is 3.37. The first-order valence-corrected chi connectivity index (χ1v) is 8.23. The monoisotopic (exact) mass is 337 g/mol. The van der Waals surface area contributed by atoms with Gasteiger partial charge < -0.3 is 15.5 Å². The van der Waals surface area contributed by atoms with Crippen molar-refractivity contribution in [1.82, 2.24) is 25.1 Å². The van der Waals surface area contributed by atoms with Gasteiger partial charge in [0.2, 0.25) is 0 Å². The topological polar surface area (TPSA) is 87.5 Å². The van der Waals surface area contributed by atoms with Crippen LogP contribution in [-0.4, -0.2) is 45.0 Å². The van der Waals surface area contributed by atoms with Gasteiger partial charge in [0.15, 0.2) is 5.65 Å². The van der Waals surface area contributed by atoms with Crippen LogP contribution >= 0.6 is 0 Å². The normalized spacial score (nSPS) is 17.0. The van der Waals surface area contributed by atoms with Crippen molar-refractivity contribution in [2.75, 3.05) is 23.3 Å². The van der Waals surface area contributed by atoms with Crippen LogP contribution in [0.25, 0.3) is 5.65 Å². The maximum atomic E-state index is 12.2. The molecule has 3 heterocycles. The summed E-state index contributed by atoms with van der Waals surface area (Å²) in [4.78, 5) is 14.3. The maximum absolute atomic E-state index is 12.2. The van der Waals surface area contributed by atoms with E-state index in [0.717, 1.165) is 42.2 Å². The summed E-state index contributed by atoms with van der Waals surface area (Å²) in [5, 5.41) is 18.2. The molecule has 0 unspecified atom stereocenters. The molecule has 0 saturated carbocycles. The molecule has 1 aliphatic rings. The van der Waals surface area contributed by atoms with Crippen LogP contribution in [0.3, 0.4) is 0 Å². The van der Waals surface area contributed by atoms with E-state index in [0.29, 0.717) is 0 Å². The van der Waals surface area contributed by atoms with Crippen molar-refractivity contribution in [1.29, 1.82) is 0 Å². The van der Waals surface area contributed by atoms with Crippen molar-refractivity contribution >= 4 is 23.2 Å². The van der Waals surface area contributed by atoms with Crippen LogP contribution in [0.1, 0.15) is 12.0 Å². The molecule has 1 atom stereocenters. The molecule has 0 radical (unpaired) electrons. The molecule has 0 aliphatic carbocycles. The number of nitrogens with one attached hydrogen (secondary N) is 2. The lowest BCUT2D eigenvalue weighted by molar-refractivity contribution is 0.249. The lowest BCUT2D eigenvalue weighted by atomic mass is 10.2. The van der Waals surface area contributed by atoms with Gasteiger partial charge in [-0.05, 0) is 43.2 Å². The largest absolute Gasteiger partial charge is 0.353 e. The third-order valence-corrected chi connectivity index (χ3v) is 4.27. The highest BCUT2D eigenvalue weighted by molar-refractivity contribution is 5.89. The molecule has 1 aromatic carbocycles. The van der Waals surface area contributed by atoms with E-state index in [2.05, 4.69) is 30.8 Å². The summed E-state index contributed by atoms with van der Waals surface area (Å²) in [6.07, 6.45) is 2.46. The van der Waals surface area contributed by atoms with Crippen LogP contribution in [0.15, 0.2) is 42.7 Å². The average Bonchev–Trinajstić information content (AvgIpc) is 3.23. The molecule has 128 valence electrons. The van der Waals surface area contributed by atoms with Crippen molar-refractivity contribution in [3.05, 3.63) is 48.3 Å². The number of hydrogen-bond acceptors (Lipinski definition) is 5. The van der Waals surface area contributed by atoms with Gasteiger partial charge >= 0.3 is 6.03 Å². The second-order valence-electron chi connectivity index (χ2n) is 6.22. The molecule has 2 aromatic heterocycles. The average molecular weight is 337 g/mol. The number of amides is 2. The molecule has 1 fully saturated rings. The van der Waals surface area contributed by atoms with Crippen molar-refractivity contribution < 1.29 is 4.79 Å². The molecule has 0 spiro atoms. The zero-order valence-corrected chi connectivity index (χ0v) is 13.9. The van der Waals surface area contributed by atoms with E-state index in [-0.39, 0.29) is 12.1 Å². The first kappa shape index (κ1) is 15.4. The number of anilines is 2. The number of hydrogen-bond donors (Lipinski definition) is 2. The molecular formula is C17H19N7O. The van der Waals surface area contributed by atoms with Crippen molar-refractivity contribution in [2.45, 2.75) is 19.4 Å². The molecule has 1 saturated heterocycles. The number of fused-ring (bicyclic) bond motifs is 1. The summed E-state index contributed by atoms with van der Waals surface area (Å²) in [7, 11) is 0. The minimum Gasteiger partial charge on any atom is -0.353 e. The Morgan fingerprint density at radius 1 is 1.28 bits per heavy atom. The predicted octanol–water partition coefficient (Wildman–Crippen LogP) is 1.83. The van der Waals surface area contributed by atoms with Crippen molar-refractivity contribution in [3.8, 4) is 0 Å². The molecule has 2 N–H and O–H groups in total. The summed E-state index contributed by atoms with van der Waals surface area (Å²) < 4.78 is 1.65. The molecule has 3 aromatic rings. The zero-order valence-electron chi connectivity index (χ0n) is 13.9. The van der Waals surface area contributed by atoms with Gasteiger partial charge in [0, 0.05) is 24.8 Å². The fourth-order valence-electron chi connectivity index (χ4n) is 3.05. The van der Waals surface area contributed by atoms with Gasteiger partial charge in [-0.1, -0.05) is 12.1 Å². The lowest BCUT2D eigenvalue weighted by Crippen LogP contribution is -2.39. The first-order chi connectivity index (χ1) is 12.2. The maximum Gasteiger partial charge on any atom is 0.319 e. The van der Waals surface area contributed by atoms with Gasteiger partial charge in [-0.25, -0.2) is 4.79 Å². The number of aromatic nitrogens is 4. The van der Waals surface area contributed by atoms with Crippen LogP contribution in [0, 0.1) is 6.92 Å². The second-order valence-corrected chi connectivity index (χ2v) is 6.22. The van der Waals surface area contributed by atoms with Crippen LogP contribution in [0.4, 0.5) is 16.3 Å². The summed E-state index contributed by atoms with van der Waals surface area (Å²) in [5.41, 5.74) is 2.63. The number of carbonyl (C=O) groups excluding carboxylic acids is 1. The van der Waals surface area contributed by atoms with Crippen LogP contribution in [-0.2, 0) is 0 Å². The fraction of sp³-hybridized carbons (Fsp3) is 0.294. The number of rotatable bonds is 3. The van der Waals surface area contributed by atoms with Gasteiger partial charge in [-0.2, -0.15) is 4.52 Å². The zero-order chi connectivity index (χ0) is 17.2. The summed E-state index contributed by atoms with van der Waals surface area (Å²) in [5.74, 6) is 0.857. The number of nitrogens with zero attached hydrogens (tertiary/aromatic N) is 5. The summed E-state index contributed by atoms with van der Waals surface area (Å²) in [6.45, 7) is 3.56. The number of carbonyl (C=O) groups is 1. The Hall–Kier alpha value is -3.16. The third-order valence-electron chi connectivity index (χ3n) is 4.27. The molecule has 8 nitrogen and oxygen atoms in total. The fourth-order valence-corrected chi connectivity index (χ4v) is 3.05. The SMILES string of the molecule is Cc1cccc(NC(=O)N[C@@H]2CCN(c3ccc4nncn4n3)C2)c1. The Morgan fingerprint density at radius 2 is 2.20 bits per heavy atom. The highest BCUT2D eigenvalue weighted by Gasteiger charge is 2.25. The highest BCUT2D eigenvalue weighted by Crippen LogP contribution is 2.18. The van der Waals surface area contributed by atoms with Crippen molar-refractivity contribution in [3.63, 3.8) is 0 Å². The van der Waals surface area contributed by atoms with Gasteiger partial charge in [-0.15, -0.1) is 15.3 Å². The Bertz CT molecular complexity index is 907. The van der Waals surface area contributed by atoms with Gasteiger partial charge in [0.25, 0.3) is 0 Å². The van der Waals surface area contributed by atoms with E-state index < -0.39 is 0 Å². The van der Waals surface area contributed by atoms with Gasteiger partial charge in [-0.3, -0.25) is 0 Å². The predicted molar refractivity (Wildman–Crippen MR) is 94.7 cm³/mol. The summed E-state index contributed by atoms with van der Waals surface area (Å²) >= 11 is 0. The van der Waals surface area contributed by atoms with Crippen LogP contribution < -0.4 is 15.5 Å². The molecule has 0 bridgehead atoms. The summed E-state index contributed by atoms with van der Waals surface area (Å²) in [6, 6.07) is 11.5. The van der Waals surface area contributed by atoms with E-state index in [1.54, 1.807) is 10.8 Å². The van der Waals surface area contributed by atoms with Crippen molar-refractivity contribution in [2.24, 2.45) is 0 Å². The Kier molecular flexibility index (Phi) is 3.93. The number of aryl methyl sites for hydroxylation is 1. The Morgan fingerprint density at radius 3 is 3.08 bits per heavy atom. The van der Waals surface area contributed by atoms with E-state index >= 15 is 0 Å². The van der Waals surface area contributed by atoms with Crippen LogP contribution in [0.2, 0.25) is 0 Å². The Balaban J connectivity index is 1.36. The molecular weight excluding hydrogens is 318 g/mol. The van der Waals surface area contributed by atoms with Gasteiger partial charge in [0.1, 0.15) is 12.1 Å². The highest BCUT2D eigenvalue weighted by atomic mass is 16.2. The minimum atomic E-state index is -0.181.